The first-order valence-electron chi connectivity index (χ1n) is 9.49. The maximum absolute atomic E-state index is 14.9. The number of benzene rings is 1. The molecule has 1 saturated heterocycles. The molecule has 5 rings (SSSR count). The zero-order valence-corrected chi connectivity index (χ0v) is 16.0. The van der Waals surface area contributed by atoms with Crippen LogP contribution < -0.4 is 15.2 Å². The second kappa shape index (κ2) is 7.82. The third kappa shape index (κ3) is 3.66. The molecule has 0 amide bonds. The second-order valence-electron chi connectivity index (χ2n) is 6.87. The largest absolute Gasteiger partial charge is 0.474 e. The molecule has 2 aliphatic rings. The van der Waals surface area contributed by atoms with E-state index >= 15 is 0 Å². The van der Waals surface area contributed by atoms with E-state index < -0.39 is 0 Å². The number of anilines is 2. The molecular weight excluding hydrogens is 387 g/mol. The standard InChI is InChI=1S/C20H19FN8O/c21-19-9-16(28-11-17(30-14-28)12-29-8-6-24-26-29)2-3-18(19)15-1-4-20(22-10-15)27-7-5-23-25-13-27/h1-4,6,8-10,12-13,23H,5,7,11,14H2/b17-12-. The van der Waals surface area contributed by atoms with E-state index in [9.17, 15) is 4.39 Å². The van der Waals surface area contributed by atoms with E-state index in [1.807, 2.05) is 28.0 Å². The van der Waals surface area contributed by atoms with Crippen molar-refractivity contribution in [3.63, 3.8) is 0 Å². The Bertz CT molecular complexity index is 1080. The van der Waals surface area contributed by atoms with Gasteiger partial charge in [-0.25, -0.2) is 14.1 Å². The number of hydrazone groups is 1. The number of ether oxygens (including phenoxy) is 1. The summed E-state index contributed by atoms with van der Waals surface area (Å²) in [6.07, 6.45) is 8.46. The Morgan fingerprint density at radius 1 is 1.20 bits per heavy atom. The van der Waals surface area contributed by atoms with Gasteiger partial charge in [0.15, 0.2) is 6.73 Å². The molecule has 0 bridgehead atoms. The number of hydrogen-bond donors (Lipinski definition) is 1. The van der Waals surface area contributed by atoms with Crippen LogP contribution in [0.15, 0.2) is 59.8 Å². The summed E-state index contributed by atoms with van der Waals surface area (Å²) in [5, 5.41) is 11.7. The average molecular weight is 406 g/mol. The fraction of sp³-hybridized carbons (Fsp3) is 0.200. The molecule has 0 atom stereocenters. The van der Waals surface area contributed by atoms with Gasteiger partial charge in [0.2, 0.25) is 0 Å². The van der Waals surface area contributed by atoms with Crippen LogP contribution >= 0.6 is 0 Å². The minimum Gasteiger partial charge on any atom is -0.474 e. The minimum atomic E-state index is -0.306. The third-order valence-electron chi connectivity index (χ3n) is 4.89. The molecule has 2 aromatic heterocycles. The molecule has 3 aromatic rings. The van der Waals surface area contributed by atoms with E-state index in [-0.39, 0.29) is 5.82 Å². The molecule has 1 fully saturated rings. The molecule has 0 aliphatic carbocycles. The van der Waals surface area contributed by atoms with E-state index in [0.717, 1.165) is 35.9 Å². The van der Waals surface area contributed by atoms with Gasteiger partial charge in [-0.05, 0) is 30.3 Å². The average Bonchev–Trinajstić information content (AvgIpc) is 3.47. The van der Waals surface area contributed by atoms with Gasteiger partial charge in [-0.2, -0.15) is 5.10 Å². The maximum atomic E-state index is 14.9. The molecule has 0 saturated carbocycles. The molecule has 10 heteroatoms. The highest BCUT2D eigenvalue weighted by atomic mass is 19.1. The number of nitrogens with zero attached hydrogens (tertiary/aromatic N) is 7. The van der Waals surface area contributed by atoms with Crippen molar-refractivity contribution in [1.29, 1.82) is 0 Å². The van der Waals surface area contributed by atoms with Crippen molar-refractivity contribution in [1.82, 2.24) is 25.4 Å². The van der Waals surface area contributed by atoms with Crippen molar-refractivity contribution in [2.45, 2.75) is 0 Å². The number of halogens is 1. The van der Waals surface area contributed by atoms with Crippen molar-refractivity contribution in [2.24, 2.45) is 5.10 Å². The van der Waals surface area contributed by atoms with Crippen LogP contribution in [0.4, 0.5) is 15.9 Å². The Hall–Kier alpha value is -3.95. The van der Waals surface area contributed by atoms with Gasteiger partial charge in [0, 0.05) is 29.6 Å². The zero-order valence-electron chi connectivity index (χ0n) is 16.0. The minimum absolute atomic E-state index is 0.306. The normalized spacial score (nSPS) is 17.3. The van der Waals surface area contributed by atoms with Crippen LogP contribution in [0.1, 0.15) is 0 Å². The lowest BCUT2D eigenvalue weighted by Gasteiger charge is -2.22. The Morgan fingerprint density at radius 2 is 2.17 bits per heavy atom. The van der Waals surface area contributed by atoms with E-state index in [1.165, 1.54) is 6.07 Å². The lowest BCUT2D eigenvalue weighted by Crippen LogP contribution is -2.35. The highest BCUT2D eigenvalue weighted by Gasteiger charge is 2.20. The van der Waals surface area contributed by atoms with Gasteiger partial charge in [0.1, 0.15) is 23.7 Å². The summed E-state index contributed by atoms with van der Waals surface area (Å²) in [5.74, 6) is 1.21. The van der Waals surface area contributed by atoms with Gasteiger partial charge in [-0.15, -0.1) is 5.10 Å². The molecule has 1 aromatic carbocycles. The quantitative estimate of drug-likeness (QED) is 0.711. The molecule has 0 radical (unpaired) electrons. The van der Waals surface area contributed by atoms with E-state index in [4.69, 9.17) is 4.74 Å². The van der Waals surface area contributed by atoms with Gasteiger partial charge in [0.05, 0.1) is 31.7 Å². The Kier molecular flexibility index (Phi) is 4.72. The lowest BCUT2D eigenvalue weighted by atomic mass is 10.1. The first-order valence-corrected chi connectivity index (χ1v) is 9.49. The van der Waals surface area contributed by atoms with Crippen molar-refractivity contribution >= 4 is 24.0 Å². The van der Waals surface area contributed by atoms with Gasteiger partial charge >= 0.3 is 0 Å². The van der Waals surface area contributed by atoms with Crippen LogP contribution in [0.3, 0.4) is 0 Å². The Balaban J connectivity index is 1.31. The highest BCUT2D eigenvalue weighted by Crippen LogP contribution is 2.29. The third-order valence-corrected chi connectivity index (χ3v) is 4.89. The smallest absolute Gasteiger partial charge is 0.161 e. The molecule has 0 unspecified atom stereocenters. The van der Waals surface area contributed by atoms with Gasteiger partial charge in [-0.1, -0.05) is 5.21 Å². The maximum Gasteiger partial charge on any atom is 0.161 e. The SMILES string of the molecule is Fc1cc(N2CO/C(=C\n3ccnn3)C2)ccc1-c1ccc(N2C=NNCC2)nc1. The molecule has 4 heterocycles. The molecule has 9 nitrogen and oxygen atoms in total. The summed E-state index contributed by atoms with van der Waals surface area (Å²) in [4.78, 5) is 8.34. The predicted octanol–water partition coefficient (Wildman–Crippen LogP) is 2.12. The molecule has 152 valence electrons. The fourth-order valence-electron chi connectivity index (χ4n) is 3.34. The van der Waals surface area contributed by atoms with E-state index in [1.54, 1.807) is 41.9 Å². The summed E-state index contributed by atoms with van der Waals surface area (Å²) in [6, 6.07) is 8.92. The number of rotatable bonds is 4. The monoisotopic (exact) mass is 406 g/mol. The van der Waals surface area contributed by atoms with Crippen molar-refractivity contribution in [2.75, 3.05) is 36.2 Å². The topological polar surface area (TPSA) is 83.7 Å². The van der Waals surface area contributed by atoms with Crippen LogP contribution in [0.2, 0.25) is 0 Å². The number of aromatic nitrogens is 4. The van der Waals surface area contributed by atoms with E-state index in [0.29, 0.717) is 18.8 Å². The van der Waals surface area contributed by atoms with Crippen LogP contribution in [0.5, 0.6) is 0 Å². The number of nitrogens with one attached hydrogen (secondary N) is 1. The predicted molar refractivity (Wildman–Crippen MR) is 111 cm³/mol. The lowest BCUT2D eigenvalue weighted by molar-refractivity contribution is 0.266. The first-order chi connectivity index (χ1) is 14.8. The van der Waals surface area contributed by atoms with Gasteiger partial charge < -0.3 is 20.0 Å². The van der Waals surface area contributed by atoms with Crippen molar-refractivity contribution < 1.29 is 9.13 Å². The first kappa shape index (κ1) is 18.1. The molecule has 0 spiro atoms. The Morgan fingerprint density at radius 3 is 2.90 bits per heavy atom. The summed E-state index contributed by atoms with van der Waals surface area (Å²) >= 11 is 0. The second-order valence-corrected chi connectivity index (χ2v) is 6.87. The van der Waals surface area contributed by atoms with Crippen molar-refractivity contribution in [3.8, 4) is 11.1 Å². The van der Waals surface area contributed by atoms with Gasteiger partial charge in [0.25, 0.3) is 0 Å². The molecule has 1 N–H and O–H groups in total. The Labute approximate surface area is 172 Å². The zero-order chi connectivity index (χ0) is 20.3. The number of pyridine rings is 1. The number of hydrogen-bond acceptors (Lipinski definition) is 8. The van der Waals surface area contributed by atoms with Crippen LogP contribution in [-0.2, 0) is 4.74 Å². The summed E-state index contributed by atoms with van der Waals surface area (Å²) in [5.41, 5.74) is 4.87. The molecular formula is C20H19FN8O. The summed E-state index contributed by atoms with van der Waals surface area (Å²) in [7, 11) is 0. The summed E-state index contributed by atoms with van der Waals surface area (Å²) in [6.45, 7) is 2.42. The highest BCUT2D eigenvalue weighted by molar-refractivity contribution is 5.78. The molecule has 30 heavy (non-hydrogen) atoms. The van der Waals surface area contributed by atoms with E-state index in [2.05, 4.69) is 25.8 Å². The van der Waals surface area contributed by atoms with Gasteiger partial charge in [-0.3, -0.25) is 0 Å². The fourth-order valence-corrected chi connectivity index (χ4v) is 3.34. The van der Waals surface area contributed by atoms with Crippen LogP contribution in [-0.4, -0.2) is 52.7 Å². The summed E-state index contributed by atoms with van der Waals surface area (Å²) < 4.78 is 22.1. The van der Waals surface area contributed by atoms with Crippen molar-refractivity contribution in [3.05, 3.63) is 60.5 Å². The van der Waals surface area contributed by atoms with Crippen LogP contribution in [0, 0.1) is 5.82 Å². The van der Waals surface area contributed by atoms with Crippen LogP contribution in [0.25, 0.3) is 17.3 Å². The molecule has 2 aliphatic heterocycles.